The second kappa shape index (κ2) is 6.19. The van der Waals surface area contributed by atoms with Gasteiger partial charge in [0.15, 0.2) is 0 Å². The summed E-state index contributed by atoms with van der Waals surface area (Å²) in [6.07, 6.45) is 1.02. The van der Waals surface area contributed by atoms with E-state index in [1.54, 1.807) is 0 Å². The van der Waals surface area contributed by atoms with Gasteiger partial charge in [0.1, 0.15) is 0 Å². The number of ether oxygens (including phenoxy) is 2. The topological polar surface area (TPSA) is 72.8 Å². The molecule has 0 aromatic heterocycles. The van der Waals surface area contributed by atoms with Crippen molar-refractivity contribution in [3.05, 3.63) is 12.2 Å². The summed E-state index contributed by atoms with van der Waals surface area (Å²) >= 11 is 0. The summed E-state index contributed by atoms with van der Waals surface area (Å²) < 4.78 is 8.58. The van der Waals surface area contributed by atoms with Gasteiger partial charge in [0, 0.05) is 6.08 Å². The first kappa shape index (κ1) is 11.6. The van der Waals surface area contributed by atoms with Crippen molar-refractivity contribution < 1.29 is 24.2 Å². The lowest BCUT2D eigenvalue weighted by Crippen LogP contribution is -2.12. The van der Waals surface area contributed by atoms with E-state index in [1.165, 1.54) is 20.3 Å². The van der Waals surface area contributed by atoms with Gasteiger partial charge in [-0.3, -0.25) is 4.79 Å². The molecule has 0 fully saturated rings. The molecule has 0 rings (SSSR count). The summed E-state index contributed by atoms with van der Waals surface area (Å²) in [6.45, 7) is 0. The summed E-state index contributed by atoms with van der Waals surface area (Å²) in [5.41, 5.74) is 0. The fourth-order valence-electron chi connectivity index (χ4n) is 0.580. The highest BCUT2D eigenvalue weighted by Crippen LogP contribution is 1.95. The van der Waals surface area contributed by atoms with Gasteiger partial charge in [-0.1, -0.05) is 0 Å². The maximum Gasteiger partial charge on any atom is 0.330 e. The van der Waals surface area contributed by atoms with Crippen molar-refractivity contribution in [1.82, 2.24) is 0 Å². The number of hydrogen-bond acceptors (Lipinski definition) is 5. The van der Waals surface area contributed by atoms with Crippen molar-refractivity contribution in [3.8, 4) is 0 Å². The molecule has 5 heteroatoms. The zero-order chi connectivity index (χ0) is 10.3. The molecule has 0 unspecified atom stereocenters. The van der Waals surface area contributed by atoms with Crippen molar-refractivity contribution in [2.75, 3.05) is 14.2 Å². The molecule has 1 N–H and O–H groups in total. The maximum atomic E-state index is 10.6. The molecule has 0 bridgehead atoms. The zero-order valence-corrected chi connectivity index (χ0v) is 7.52. The Morgan fingerprint density at radius 1 is 1.38 bits per heavy atom. The van der Waals surface area contributed by atoms with Crippen molar-refractivity contribution in [2.45, 2.75) is 12.5 Å². The lowest BCUT2D eigenvalue weighted by Gasteiger charge is -2.02. The summed E-state index contributed by atoms with van der Waals surface area (Å²) in [6, 6.07) is 0. The van der Waals surface area contributed by atoms with Crippen LogP contribution in [0.5, 0.6) is 0 Å². The monoisotopic (exact) mass is 188 g/mol. The minimum absolute atomic E-state index is 0.177. The Kier molecular flexibility index (Phi) is 5.54. The number of esters is 2. The zero-order valence-electron chi connectivity index (χ0n) is 7.52. The first-order valence-electron chi connectivity index (χ1n) is 3.61. The van der Waals surface area contributed by atoms with Crippen LogP contribution in [0.2, 0.25) is 0 Å². The Morgan fingerprint density at radius 3 is 2.46 bits per heavy atom. The Labute approximate surface area is 75.9 Å². The average molecular weight is 188 g/mol. The predicted octanol–water partition coefficient (Wildman–Crippen LogP) is -0.360. The second-order valence-corrected chi connectivity index (χ2v) is 2.23. The second-order valence-electron chi connectivity index (χ2n) is 2.23. The molecule has 0 aliphatic heterocycles. The quantitative estimate of drug-likeness (QED) is 0.481. The molecule has 13 heavy (non-hydrogen) atoms. The molecule has 5 nitrogen and oxygen atoms in total. The number of carbonyl (C=O) groups is 2. The Hall–Kier alpha value is -1.36. The smallest absolute Gasteiger partial charge is 0.330 e. The van der Waals surface area contributed by atoms with E-state index in [2.05, 4.69) is 9.47 Å². The maximum absolute atomic E-state index is 10.6. The van der Waals surface area contributed by atoms with E-state index in [4.69, 9.17) is 5.11 Å². The highest BCUT2D eigenvalue weighted by molar-refractivity contribution is 5.82. The largest absolute Gasteiger partial charge is 0.469 e. The summed E-state index contributed by atoms with van der Waals surface area (Å²) in [5.74, 6) is -1.12. The molecule has 0 aromatic rings. The highest BCUT2D eigenvalue weighted by atomic mass is 16.5. The van der Waals surface area contributed by atoms with Gasteiger partial charge in [0.05, 0.1) is 26.7 Å². The van der Waals surface area contributed by atoms with Gasteiger partial charge in [0.2, 0.25) is 0 Å². The number of hydrogen-bond donors (Lipinski definition) is 1. The van der Waals surface area contributed by atoms with Gasteiger partial charge < -0.3 is 14.6 Å². The van der Waals surface area contributed by atoms with Gasteiger partial charge in [-0.25, -0.2) is 4.79 Å². The number of methoxy groups -OCH3 is 2. The van der Waals surface area contributed by atoms with Crippen LogP contribution in [0.3, 0.4) is 0 Å². The third-order valence-electron chi connectivity index (χ3n) is 1.26. The van der Waals surface area contributed by atoms with E-state index in [0.29, 0.717) is 0 Å². The summed E-state index contributed by atoms with van der Waals surface area (Å²) in [7, 11) is 2.44. The molecule has 0 aliphatic rings. The van der Waals surface area contributed by atoms with Gasteiger partial charge >= 0.3 is 11.9 Å². The molecule has 0 heterocycles. The summed E-state index contributed by atoms with van der Waals surface area (Å²) in [5, 5.41) is 9.10. The fourth-order valence-corrected chi connectivity index (χ4v) is 0.580. The SMILES string of the molecule is COC(=O)/C=C/[C@H](O)CC(=O)OC. The van der Waals surface area contributed by atoms with Gasteiger partial charge in [0.25, 0.3) is 0 Å². The van der Waals surface area contributed by atoms with Crippen LogP contribution in [0.4, 0.5) is 0 Å². The van der Waals surface area contributed by atoms with Crippen LogP contribution in [0.15, 0.2) is 12.2 Å². The molecular weight excluding hydrogens is 176 g/mol. The van der Waals surface area contributed by atoms with Crippen molar-refractivity contribution in [3.63, 3.8) is 0 Å². The molecule has 1 atom stereocenters. The molecule has 0 aliphatic carbocycles. The number of aliphatic hydroxyl groups excluding tert-OH is 1. The van der Waals surface area contributed by atoms with E-state index in [1.807, 2.05) is 0 Å². The first-order valence-corrected chi connectivity index (χ1v) is 3.61. The third kappa shape index (κ3) is 5.86. The predicted molar refractivity (Wildman–Crippen MR) is 43.8 cm³/mol. The van der Waals surface area contributed by atoms with E-state index in [9.17, 15) is 9.59 Å². The molecule has 0 saturated heterocycles. The molecule has 0 spiro atoms. The van der Waals surface area contributed by atoms with Crippen LogP contribution in [0.1, 0.15) is 6.42 Å². The number of aliphatic hydroxyl groups is 1. The van der Waals surface area contributed by atoms with E-state index < -0.39 is 18.0 Å². The average Bonchev–Trinajstić information content (AvgIpc) is 2.13. The van der Waals surface area contributed by atoms with Gasteiger partial charge in [-0.05, 0) is 6.08 Å². The number of rotatable bonds is 4. The van der Waals surface area contributed by atoms with Crippen molar-refractivity contribution in [2.24, 2.45) is 0 Å². The minimum Gasteiger partial charge on any atom is -0.469 e. The van der Waals surface area contributed by atoms with Gasteiger partial charge in [-0.2, -0.15) is 0 Å². The molecule has 74 valence electrons. The summed E-state index contributed by atoms with van der Waals surface area (Å²) in [4.78, 5) is 21.1. The van der Waals surface area contributed by atoms with E-state index >= 15 is 0 Å². The molecule has 0 radical (unpaired) electrons. The molecule has 0 saturated carbocycles. The normalized spacial score (nSPS) is 12.5. The molecular formula is C8H12O5. The Morgan fingerprint density at radius 2 is 2.00 bits per heavy atom. The van der Waals surface area contributed by atoms with Crippen LogP contribution in [-0.4, -0.2) is 37.4 Å². The third-order valence-corrected chi connectivity index (χ3v) is 1.26. The van der Waals surface area contributed by atoms with Crippen molar-refractivity contribution >= 4 is 11.9 Å². The highest BCUT2D eigenvalue weighted by Gasteiger charge is 2.07. The van der Waals surface area contributed by atoms with Crippen LogP contribution < -0.4 is 0 Å². The Bertz CT molecular complexity index is 209. The van der Waals surface area contributed by atoms with E-state index in [0.717, 1.165) is 6.08 Å². The Balaban J connectivity index is 3.86. The van der Waals surface area contributed by atoms with Crippen molar-refractivity contribution in [1.29, 1.82) is 0 Å². The lowest BCUT2D eigenvalue weighted by atomic mass is 10.2. The van der Waals surface area contributed by atoms with Gasteiger partial charge in [-0.15, -0.1) is 0 Å². The number of carbonyl (C=O) groups excluding carboxylic acids is 2. The van der Waals surface area contributed by atoms with Crippen LogP contribution in [0.25, 0.3) is 0 Å². The molecule has 0 amide bonds. The lowest BCUT2D eigenvalue weighted by molar-refractivity contribution is -0.142. The van der Waals surface area contributed by atoms with E-state index in [-0.39, 0.29) is 6.42 Å². The minimum atomic E-state index is -1.02. The van der Waals surface area contributed by atoms with Crippen LogP contribution in [-0.2, 0) is 19.1 Å². The first-order chi connectivity index (χ1) is 6.10. The standard InChI is InChI=1S/C8H12O5/c1-12-7(10)4-3-6(9)5-8(11)13-2/h3-4,6,9H,5H2,1-2H3/b4-3+/t6-/m0/s1. The van der Waals surface area contributed by atoms with Crippen LogP contribution >= 0.6 is 0 Å². The van der Waals surface area contributed by atoms with Crippen LogP contribution in [0, 0.1) is 0 Å². The fraction of sp³-hybridized carbons (Fsp3) is 0.500. The molecule has 0 aromatic carbocycles.